The summed E-state index contributed by atoms with van der Waals surface area (Å²) in [5, 5.41) is 2.22. The maximum atomic E-state index is 12.5. The fourth-order valence-electron chi connectivity index (χ4n) is 3.08. The molecule has 1 aliphatic heterocycles. The van der Waals surface area contributed by atoms with E-state index in [1.807, 2.05) is 25.1 Å². The molecule has 1 saturated heterocycles. The van der Waals surface area contributed by atoms with Crippen LogP contribution in [-0.2, 0) is 19.1 Å². The van der Waals surface area contributed by atoms with E-state index in [9.17, 15) is 19.2 Å². The Hall–Kier alpha value is -3.79. The number of ether oxygens (including phenoxy) is 3. The van der Waals surface area contributed by atoms with Gasteiger partial charge in [0.2, 0.25) is 0 Å². The molecular formula is C24H24N2O7S. The van der Waals surface area contributed by atoms with Crippen molar-refractivity contribution in [3.8, 4) is 11.5 Å². The zero-order valence-corrected chi connectivity index (χ0v) is 19.8. The van der Waals surface area contributed by atoms with Gasteiger partial charge in [0.25, 0.3) is 17.1 Å². The quantitative estimate of drug-likeness (QED) is 0.424. The van der Waals surface area contributed by atoms with Gasteiger partial charge in [-0.15, -0.1) is 0 Å². The van der Waals surface area contributed by atoms with E-state index in [2.05, 4.69) is 5.32 Å². The zero-order valence-electron chi connectivity index (χ0n) is 19.0. The molecule has 3 amide bonds. The lowest BCUT2D eigenvalue weighted by Crippen LogP contribution is -2.34. The number of thioether (sulfide) groups is 1. The number of esters is 1. The third-order valence-electron chi connectivity index (χ3n) is 4.61. The van der Waals surface area contributed by atoms with Crippen LogP contribution in [-0.4, -0.2) is 54.8 Å². The van der Waals surface area contributed by atoms with Crippen LogP contribution < -0.4 is 14.8 Å². The first-order chi connectivity index (χ1) is 16.3. The van der Waals surface area contributed by atoms with Crippen LogP contribution in [0.1, 0.15) is 18.1 Å². The van der Waals surface area contributed by atoms with E-state index in [0.29, 0.717) is 22.7 Å². The van der Waals surface area contributed by atoms with Gasteiger partial charge in [-0.05, 0) is 67.1 Å². The molecule has 34 heavy (non-hydrogen) atoms. The fraction of sp³-hybridized carbons (Fsp3) is 0.250. The summed E-state index contributed by atoms with van der Waals surface area (Å²) in [5.41, 5.74) is 2.28. The van der Waals surface area contributed by atoms with Gasteiger partial charge in [-0.2, -0.15) is 0 Å². The lowest BCUT2D eigenvalue weighted by molar-refractivity contribution is -0.146. The van der Waals surface area contributed by atoms with Crippen molar-refractivity contribution in [2.45, 2.75) is 13.8 Å². The van der Waals surface area contributed by atoms with Gasteiger partial charge in [-0.3, -0.25) is 24.1 Å². The maximum Gasteiger partial charge on any atom is 0.326 e. The number of nitrogens with one attached hydrogen (secondary N) is 1. The first-order valence-corrected chi connectivity index (χ1v) is 11.2. The molecule has 3 rings (SSSR count). The van der Waals surface area contributed by atoms with Gasteiger partial charge < -0.3 is 19.5 Å². The van der Waals surface area contributed by atoms with Crippen molar-refractivity contribution < 1.29 is 33.4 Å². The topological polar surface area (TPSA) is 111 Å². The van der Waals surface area contributed by atoms with Crippen molar-refractivity contribution >= 4 is 46.5 Å². The number of nitrogens with zero attached hydrogens (tertiary/aromatic N) is 1. The van der Waals surface area contributed by atoms with E-state index in [-0.39, 0.29) is 24.0 Å². The molecule has 10 heteroatoms. The Labute approximate surface area is 201 Å². The zero-order chi connectivity index (χ0) is 24.7. The van der Waals surface area contributed by atoms with Gasteiger partial charge >= 0.3 is 5.97 Å². The number of amides is 3. The summed E-state index contributed by atoms with van der Waals surface area (Å²) >= 11 is 0.736. The largest absolute Gasteiger partial charge is 0.493 e. The van der Waals surface area contributed by atoms with Crippen LogP contribution in [0, 0.1) is 6.92 Å². The van der Waals surface area contributed by atoms with E-state index in [1.54, 1.807) is 31.2 Å². The van der Waals surface area contributed by atoms with Crippen LogP contribution in [0.25, 0.3) is 6.08 Å². The van der Waals surface area contributed by atoms with Crippen LogP contribution >= 0.6 is 11.8 Å². The summed E-state index contributed by atoms with van der Waals surface area (Å²) < 4.78 is 15.7. The minimum absolute atomic E-state index is 0.159. The minimum Gasteiger partial charge on any atom is -0.493 e. The van der Waals surface area contributed by atoms with Crippen LogP contribution in [0.4, 0.5) is 10.5 Å². The number of benzene rings is 2. The van der Waals surface area contributed by atoms with E-state index in [1.165, 1.54) is 13.2 Å². The van der Waals surface area contributed by atoms with E-state index in [0.717, 1.165) is 22.2 Å². The van der Waals surface area contributed by atoms with Gasteiger partial charge in [-0.25, -0.2) is 0 Å². The number of hydrogen-bond donors (Lipinski definition) is 1. The minimum atomic E-state index is -0.652. The molecule has 0 radical (unpaired) electrons. The van der Waals surface area contributed by atoms with Crippen LogP contribution in [0.15, 0.2) is 47.4 Å². The molecule has 1 N–H and O–H groups in total. The average Bonchev–Trinajstić information content (AvgIpc) is 3.05. The Morgan fingerprint density at radius 3 is 2.62 bits per heavy atom. The lowest BCUT2D eigenvalue weighted by Gasteiger charge is -2.12. The van der Waals surface area contributed by atoms with E-state index >= 15 is 0 Å². The number of imide groups is 1. The number of carbonyl (C=O) groups is 4. The highest BCUT2D eigenvalue weighted by atomic mass is 32.2. The summed E-state index contributed by atoms with van der Waals surface area (Å²) in [6.45, 7) is 3.07. The number of carbonyl (C=O) groups excluding carboxylic acids is 4. The summed E-state index contributed by atoms with van der Waals surface area (Å²) in [4.78, 5) is 49.5. The number of anilines is 1. The molecule has 0 aliphatic carbocycles. The lowest BCUT2D eigenvalue weighted by atomic mass is 10.2. The molecule has 0 bridgehead atoms. The molecule has 2 aromatic rings. The second-order valence-electron chi connectivity index (χ2n) is 7.19. The monoisotopic (exact) mass is 484 g/mol. The van der Waals surface area contributed by atoms with Gasteiger partial charge in [0.1, 0.15) is 6.54 Å². The molecule has 2 aromatic carbocycles. The van der Waals surface area contributed by atoms with Crippen molar-refractivity contribution in [3.05, 3.63) is 58.5 Å². The van der Waals surface area contributed by atoms with Gasteiger partial charge in [0, 0.05) is 5.69 Å². The number of aryl methyl sites for hydroxylation is 1. The standard InChI is InChI=1S/C24H24N2O7S/c1-4-32-22(28)13-26-23(29)20(34-24(26)30)12-16-8-9-18(19(11-16)31-3)33-14-21(27)25-17-7-5-6-15(2)10-17/h5-12H,4,13-14H2,1-3H3,(H,25,27)/b20-12-. The van der Waals surface area contributed by atoms with Gasteiger partial charge in [0.05, 0.1) is 18.6 Å². The summed E-state index contributed by atoms with van der Waals surface area (Å²) in [6.07, 6.45) is 1.52. The Morgan fingerprint density at radius 1 is 1.12 bits per heavy atom. The Bertz CT molecular complexity index is 1150. The molecule has 1 heterocycles. The molecule has 0 spiro atoms. The first-order valence-electron chi connectivity index (χ1n) is 10.4. The Balaban J connectivity index is 1.66. The molecular weight excluding hydrogens is 460 g/mol. The molecule has 0 atom stereocenters. The molecule has 0 aromatic heterocycles. The highest BCUT2D eigenvalue weighted by Crippen LogP contribution is 2.34. The van der Waals surface area contributed by atoms with Crippen molar-refractivity contribution in [3.63, 3.8) is 0 Å². The predicted molar refractivity (Wildman–Crippen MR) is 128 cm³/mol. The summed E-state index contributed by atoms with van der Waals surface area (Å²) in [6, 6.07) is 12.3. The number of hydrogen-bond acceptors (Lipinski definition) is 8. The molecule has 0 unspecified atom stereocenters. The number of methoxy groups -OCH3 is 1. The number of rotatable bonds is 9. The average molecular weight is 485 g/mol. The van der Waals surface area contributed by atoms with Crippen molar-refractivity contribution in [1.82, 2.24) is 4.90 Å². The summed E-state index contributed by atoms with van der Waals surface area (Å²) in [7, 11) is 1.45. The second kappa shape index (κ2) is 11.4. The highest BCUT2D eigenvalue weighted by Gasteiger charge is 2.36. The van der Waals surface area contributed by atoms with Crippen molar-refractivity contribution in [2.75, 3.05) is 32.2 Å². The molecule has 1 aliphatic rings. The SMILES string of the molecule is CCOC(=O)CN1C(=O)S/C(=C\c2ccc(OCC(=O)Nc3cccc(C)c3)c(OC)c2)C1=O. The van der Waals surface area contributed by atoms with Crippen molar-refractivity contribution in [1.29, 1.82) is 0 Å². The van der Waals surface area contributed by atoms with Crippen LogP contribution in [0.3, 0.4) is 0 Å². The van der Waals surface area contributed by atoms with Crippen molar-refractivity contribution in [2.24, 2.45) is 0 Å². The van der Waals surface area contributed by atoms with E-state index < -0.39 is 23.7 Å². The summed E-state index contributed by atoms with van der Waals surface area (Å²) in [5.74, 6) is -0.861. The normalized spacial score (nSPS) is 14.3. The Kier molecular flexibility index (Phi) is 8.31. The van der Waals surface area contributed by atoms with Gasteiger partial charge in [-0.1, -0.05) is 18.2 Å². The molecule has 1 fully saturated rings. The molecule has 0 saturated carbocycles. The smallest absolute Gasteiger partial charge is 0.326 e. The van der Waals surface area contributed by atoms with Gasteiger partial charge in [0.15, 0.2) is 18.1 Å². The molecule has 9 nitrogen and oxygen atoms in total. The first kappa shape index (κ1) is 24.8. The predicted octanol–water partition coefficient (Wildman–Crippen LogP) is 3.62. The van der Waals surface area contributed by atoms with E-state index in [4.69, 9.17) is 14.2 Å². The molecule has 178 valence electrons. The second-order valence-corrected chi connectivity index (χ2v) is 8.18. The third-order valence-corrected chi connectivity index (χ3v) is 5.52. The van der Waals surface area contributed by atoms with Crippen LogP contribution in [0.2, 0.25) is 0 Å². The highest BCUT2D eigenvalue weighted by molar-refractivity contribution is 8.18. The maximum absolute atomic E-state index is 12.5. The third kappa shape index (κ3) is 6.38. The Morgan fingerprint density at radius 2 is 1.91 bits per heavy atom. The van der Waals surface area contributed by atoms with Crippen LogP contribution in [0.5, 0.6) is 11.5 Å². The fourth-order valence-corrected chi connectivity index (χ4v) is 3.92.